The monoisotopic (exact) mass is 192 g/mol. The lowest BCUT2D eigenvalue weighted by molar-refractivity contribution is -0.147. The average molecular weight is 192 g/mol. The molecule has 0 aromatic carbocycles. The van der Waals surface area contributed by atoms with Crippen LogP contribution >= 0.6 is 12.6 Å². The summed E-state index contributed by atoms with van der Waals surface area (Å²) in [6, 6.07) is 0. The quantitative estimate of drug-likeness (QED) is 0.467. The second-order valence-electron chi connectivity index (χ2n) is 2.27. The van der Waals surface area contributed by atoms with Gasteiger partial charge in [-0.2, -0.15) is 12.6 Å². The number of thiol groups is 1. The van der Waals surface area contributed by atoms with E-state index >= 15 is 0 Å². The van der Waals surface area contributed by atoms with Crippen molar-refractivity contribution >= 4 is 24.4 Å². The van der Waals surface area contributed by atoms with E-state index in [-0.39, 0.29) is 13.0 Å². The summed E-state index contributed by atoms with van der Waals surface area (Å²) in [5.41, 5.74) is 0. The lowest BCUT2D eigenvalue weighted by Gasteiger charge is -2.05. The highest BCUT2D eigenvalue weighted by molar-refractivity contribution is 7.80. The van der Waals surface area contributed by atoms with Crippen LogP contribution in [0.3, 0.4) is 0 Å². The van der Waals surface area contributed by atoms with Gasteiger partial charge in [-0.1, -0.05) is 0 Å². The van der Waals surface area contributed by atoms with Gasteiger partial charge in [0.05, 0.1) is 6.42 Å². The first-order chi connectivity index (χ1) is 5.57. The average Bonchev–Trinajstić information content (AvgIpc) is 2.00. The Hall–Kier alpha value is -0.550. The minimum atomic E-state index is -1.24. The summed E-state index contributed by atoms with van der Waals surface area (Å²) in [6.07, 6.45) is -1.51. The van der Waals surface area contributed by atoms with Gasteiger partial charge < -0.3 is 9.84 Å². The molecule has 0 fully saturated rings. The van der Waals surface area contributed by atoms with Crippen molar-refractivity contribution < 1.29 is 19.4 Å². The molecule has 0 spiro atoms. The van der Waals surface area contributed by atoms with Gasteiger partial charge >= 0.3 is 5.97 Å². The predicted octanol–water partition coefficient (Wildman–Crippen LogP) is -0.201. The van der Waals surface area contributed by atoms with Crippen LogP contribution in [0.15, 0.2) is 0 Å². The number of aliphatic hydroxyl groups is 1. The molecule has 0 radical (unpaired) electrons. The van der Waals surface area contributed by atoms with Crippen molar-refractivity contribution in [3.8, 4) is 0 Å². The van der Waals surface area contributed by atoms with Crippen LogP contribution < -0.4 is 0 Å². The number of rotatable bonds is 5. The van der Waals surface area contributed by atoms with Crippen LogP contribution in [0.25, 0.3) is 0 Å². The van der Waals surface area contributed by atoms with Gasteiger partial charge in [-0.25, -0.2) is 0 Å². The topological polar surface area (TPSA) is 63.6 Å². The van der Waals surface area contributed by atoms with Crippen LogP contribution in [0.2, 0.25) is 0 Å². The molecule has 0 aliphatic carbocycles. The second-order valence-corrected chi connectivity index (χ2v) is 2.72. The summed E-state index contributed by atoms with van der Waals surface area (Å²) < 4.78 is 4.58. The van der Waals surface area contributed by atoms with Gasteiger partial charge in [0.15, 0.2) is 5.78 Å². The molecule has 0 saturated heterocycles. The summed E-state index contributed by atoms with van der Waals surface area (Å²) >= 11 is 3.82. The van der Waals surface area contributed by atoms with E-state index in [0.29, 0.717) is 5.75 Å². The number of Topliss-reactive ketones (excluding diaryl/α,β-unsaturated/α-hetero) is 1. The van der Waals surface area contributed by atoms with Gasteiger partial charge in [-0.15, -0.1) is 0 Å². The van der Waals surface area contributed by atoms with Crippen molar-refractivity contribution in [3.63, 3.8) is 0 Å². The molecule has 0 aromatic heterocycles. The van der Waals surface area contributed by atoms with Crippen LogP contribution in [-0.2, 0) is 14.3 Å². The van der Waals surface area contributed by atoms with Gasteiger partial charge in [0.2, 0.25) is 0 Å². The van der Waals surface area contributed by atoms with Gasteiger partial charge in [-0.3, -0.25) is 9.59 Å². The maximum atomic E-state index is 10.7. The Bertz CT molecular complexity index is 169. The minimum absolute atomic E-state index is 0.201. The van der Waals surface area contributed by atoms with Crippen molar-refractivity contribution in [2.75, 3.05) is 12.4 Å². The van der Waals surface area contributed by atoms with Crippen LogP contribution in [0, 0.1) is 0 Å². The van der Waals surface area contributed by atoms with Gasteiger partial charge in [-0.05, 0) is 6.92 Å². The molecule has 0 saturated carbocycles. The fraction of sp³-hybridized carbons (Fsp3) is 0.714. The Morgan fingerprint density at radius 2 is 2.17 bits per heavy atom. The van der Waals surface area contributed by atoms with E-state index in [4.69, 9.17) is 5.11 Å². The molecule has 0 heterocycles. The highest BCUT2D eigenvalue weighted by Crippen LogP contribution is 1.95. The number of carbonyl (C=O) groups is 2. The first-order valence-electron chi connectivity index (χ1n) is 3.53. The first-order valence-corrected chi connectivity index (χ1v) is 4.16. The molecule has 70 valence electrons. The summed E-state index contributed by atoms with van der Waals surface area (Å²) in [4.78, 5) is 21.2. The van der Waals surface area contributed by atoms with Crippen LogP contribution in [0.5, 0.6) is 0 Å². The summed E-state index contributed by atoms with van der Waals surface area (Å²) in [7, 11) is 0. The predicted molar refractivity (Wildman–Crippen MR) is 46.1 cm³/mol. The molecule has 5 heteroatoms. The van der Waals surface area contributed by atoms with Gasteiger partial charge in [0.25, 0.3) is 0 Å². The zero-order valence-electron chi connectivity index (χ0n) is 6.82. The highest BCUT2D eigenvalue weighted by Gasteiger charge is 2.15. The second kappa shape index (κ2) is 6.02. The molecule has 4 nitrogen and oxygen atoms in total. The Balaban J connectivity index is 3.61. The number of aliphatic hydroxyl groups excluding tert-OH is 1. The fourth-order valence-electron chi connectivity index (χ4n) is 0.520. The smallest absolute Gasteiger partial charge is 0.308 e. The van der Waals surface area contributed by atoms with E-state index in [1.165, 1.54) is 6.92 Å². The zero-order valence-corrected chi connectivity index (χ0v) is 7.71. The van der Waals surface area contributed by atoms with E-state index in [1.54, 1.807) is 0 Å². The normalized spacial score (nSPS) is 12.2. The van der Waals surface area contributed by atoms with E-state index < -0.39 is 17.9 Å². The Morgan fingerprint density at radius 3 is 2.58 bits per heavy atom. The molecule has 0 aromatic rings. The summed E-state index contributed by atoms with van der Waals surface area (Å²) in [5, 5.41) is 8.93. The molecule has 0 rings (SSSR count). The van der Waals surface area contributed by atoms with E-state index in [2.05, 4.69) is 17.4 Å². The number of ketones is 1. The summed E-state index contributed by atoms with van der Waals surface area (Å²) in [6.45, 7) is 1.42. The van der Waals surface area contributed by atoms with Gasteiger partial charge in [0, 0.05) is 5.75 Å². The molecule has 1 atom stereocenters. The van der Waals surface area contributed by atoms with Crippen molar-refractivity contribution in [1.82, 2.24) is 0 Å². The summed E-state index contributed by atoms with van der Waals surface area (Å²) in [5.74, 6) is -0.577. The molecule has 12 heavy (non-hydrogen) atoms. The molecular formula is C7H12O4S. The molecule has 1 unspecified atom stereocenters. The van der Waals surface area contributed by atoms with Crippen LogP contribution in [0.1, 0.15) is 13.3 Å². The van der Waals surface area contributed by atoms with E-state index in [9.17, 15) is 9.59 Å². The Labute approximate surface area is 76.3 Å². The van der Waals surface area contributed by atoms with Crippen LogP contribution in [-0.4, -0.2) is 35.3 Å². The largest absolute Gasteiger partial charge is 0.465 e. The zero-order chi connectivity index (χ0) is 9.56. The molecule has 0 aliphatic heterocycles. The minimum Gasteiger partial charge on any atom is -0.465 e. The number of esters is 1. The van der Waals surface area contributed by atoms with Crippen molar-refractivity contribution in [2.24, 2.45) is 0 Å². The van der Waals surface area contributed by atoms with Crippen LogP contribution in [0.4, 0.5) is 0 Å². The maximum Gasteiger partial charge on any atom is 0.308 e. The number of hydrogen-bond acceptors (Lipinski definition) is 5. The lowest BCUT2D eigenvalue weighted by atomic mass is 10.2. The van der Waals surface area contributed by atoms with E-state index in [1.807, 2.05) is 0 Å². The number of carbonyl (C=O) groups excluding carboxylic acids is 2. The third-order valence-corrected chi connectivity index (χ3v) is 1.37. The lowest BCUT2D eigenvalue weighted by Crippen LogP contribution is -2.22. The SMILES string of the molecule is CC(=O)C(O)CC(=O)OCCS. The molecule has 0 amide bonds. The molecule has 0 aliphatic rings. The fourth-order valence-corrected chi connectivity index (χ4v) is 0.611. The molecule has 1 N–H and O–H groups in total. The maximum absolute atomic E-state index is 10.7. The number of hydrogen-bond donors (Lipinski definition) is 2. The Kier molecular flexibility index (Phi) is 5.74. The van der Waals surface area contributed by atoms with Crippen molar-refractivity contribution in [1.29, 1.82) is 0 Å². The third kappa shape index (κ3) is 5.15. The Morgan fingerprint density at radius 1 is 1.58 bits per heavy atom. The first kappa shape index (κ1) is 11.4. The highest BCUT2D eigenvalue weighted by atomic mass is 32.1. The van der Waals surface area contributed by atoms with Gasteiger partial charge in [0.1, 0.15) is 12.7 Å². The standard InChI is InChI=1S/C7H12O4S/c1-5(8)6(9)4-7(10)11-2-3-12/h6,9,12H,2-4H2,1H3. The molecular weight excluding hydrogens is 180 g/mol. The molecule has 0 bridgehead atoms. The third-order valence-electron chi connectivity index (χ3n) is 1.18. The number of ether oxygens (including phenoxy) is 1. The van der Waals surface area contributed by atoms with E-state index in [0.717, 1.165) is 0 Å². The van der Waals surface area contributed by atoms with Crippen molar-refractivity contribution in [2.45, 2.75) is 19.4 Å². The van der Waals surface area contributed by atoms with Crippen molar-refractivity contribution in [3.05, 3.63) is 0 Å².